The van der Waals surface area contributed by atoms with E-state index in [4.69, 9.17) is 14.0 Å². The second-order valence-electron chi connectivity index (χ2n) is 6.92. The number of ether oxygens (including phenoxy) is 2. The Morgan fingerprint density at radius 2 is 2.04 bits per heavy atom. The van der Waals surface area contributed by atoms with Crippen LogP contribution in [0.4, 0.5) is 0 Å². The van der Waals surface area contributed by atoms with E-state index in [9.17, 15) is 19.6 Å². The van der Waals surface area contributed by atoms with Gasteiger partial charge in [-0.3, -0.25) is 9.36 Å². The molecule has 1 heterocycles. The summed E-state index contributed by atoms with van der Waals surface area (Å²) in [5.74, 6) is -0.342. The number of hydrogen-bond donors (Lipinski definition) is 3. The van der Waals surface area contributed by atoms with Gasteiger partial charge < -0.3 is 24.2 Å². The van der Waals surface area contributed by atoms with Crippen LogP contribution in [0.15, 0.2) is 30.3 Å². The third-order valence-corrected chi connectivity index (χ3v) is 6.44. The Morgan fingerprint density at radius 3 is 2.56 bits per heavy atom. The molecule has 5 atom stereocenters. The number of hydrogen-bond acceptors (Lipinski definition) is 7. The van der Waals surface area contributed by atoms with E-state index in [1.54, 1.807) is 44.2 Å². The predicted molar refractivity (Wildman–Crippen MR) is 99.7 cm³/mol. The summed E-state index contributed by atoms with van der Waals surface area (Å²) in [6.45, 7) is 3.28. The number of carbonyl (C=O) groups is 1. The first kappa shape index (κ1) is 21.9. The van der Waals surface area contributed by atoms with Gasteiger partial charge in [0, 0.05) is 6.42 Å². The number of nitrogens with one attached hydrogen (secondary N) is 1. The quantitative estimate of drug-likeness (QED) is 0.422. The molecule has 0 radical (unpaired) electrons. The smallest absolute Gasteiger partial charge is 0.323 e. The zero-order chi connectivity index (χ0) is 20.0. The highest BCUT2D eigenvalue weighted by Gasteiger charge is 2.41. The van der Waals surface area contributed by atoms with Crippen LogP contribution in [0.5, 0.6) is 5.75 Å². The van der Waals surface area contributed by atoms with Crippen LogP contribution < -0.4 is 9.61 Å². The summed E-state index contributed by atoms with van der Waals surface area (Å²) in [7, 11) is -2.33. The topological polar surface area (TPSA) is 114 Å². The number of rotatable bonds is 9. The number of para-hydroxylation sites is 1. The Balaban J connectivity index is 2.22. The lowest BCUT2D eigenvalue weighted by molar-refractivity contribution is -0.143. The molecule has 0 spiro atoms. The van der Waals surface area contributed by atoms with Crippen molar-refractivity contribution in [2.45, 2.75) is 44.6 Å². The van der Waals surface area contributed by atoms with Crippen LogP contribution >= 0.6 is 7.52 Å². The minimum atomic E-state index is -3.60. The molecule has 1 saturated heterocycles. The third kappa shape index (κ3) is 6.02. The fourth-order valence-electron chi connectivity index (χ4n) is 2.95. The number of aliphatic hydroxyl groups is 2. The van der Waals surface area contributed by atoms with Gasteiger partial charge in [0.15, 0.2) is 0 Å². The van der Waals surface area contributed by atoms with Crippen LogP contribution in [-0.2, 0) is 18.8 Å². The van der Waals surface area contributed by atoms with Crippen molar-refractivity contribution < 1.29 is 33.6 Å². The lowest BCUT2D eigenvalue weighted by Crippen LogP contribution is -2.42. The molecule has 0 saturated carbocycles. The summed E-state index contributed by atoms with van der Waals surface area (Å²) in [6.07, 6.45) is -1.98. The third-order valence-electron chi connectivity index (χ3n) is 4.38. The van der Waals surface area contributed by atoms with Crippen LogP contribution in [0.25, 0.3) is 0 Å². The van der Waals surface area contributed by atoms with Crippen LogP contribution in [0, 0.1) is 5.92 Å². The molecule has 2 rings (SSSR count). The first-order chi connectivity index (χ1) is 12.8. The summed E-state index contributed by atoms with van der Waals surface area (Å²) in [6, 6.07) is 7.80. The molecule has 1 aromatic carbocycles. The average molecular weight is 401 g/mol. The second-order valence-corrected chi connectivity index (χ2v) is 9.07. The highest BCUT2D eigenvalue weighted by molar-refractivity contribution is 7.57. The van der Waals surface area contributed by atoms with Crippen molar-refractivity contribution in [1.82, 2.24) is 5.09 Å². The van der Waals surface area contributed by atoms with E-state index in [0.29, 0.717) is 5.75 Å². The summed E-state index contributed by atoms with van der Waals surface area (Å²) >= 11 is 0. The van der Waals surface area contributed by atoms with Gasteiger partial charge in [0.2, 0.25) is 0 Å². The molecule has 2 unspecified atom stereocenters. The standard InChI is InChI=1S/C18H28NO7P/c1-12(2)17(18(22)24-3)19-27(23,26-13-7-5-4-6-8-13)11-14-9-15(21)16(10-20)25-14/h4-8,12,14-17,20-21H,9-11H2,1-3H3,(H,19,23)/t14?,15-,16+,17-,27?/m0/s1. The Morgan fingerprint density at radius 1 is 1.37 bits per heavy atom. The Labute approximate surface area is 159 Å². The van der Waals surface area contributed by atoms with Gasteiger partial charge in [0.1, 0.15) is 17.9 Å². The molecule has 0 bridgehead atoms. The molecular weight excluding hydrogens is 373 g/mol. The average Bonchev–Trinajstić information content (AvgIpc) is 2.98. The Bertz CT molecular complexity index is 654. The van der Waals surface area contributed by atoms with Gasteiger partial charge in [-0.15, -0.1) is 0 Å². The maximum Gasteiger partial charge on any atom is 0.323 e. The normalized spacial score (nSPS) is 25.8. The summed E-state index contributed by atoms with van der Waals surface area (Å²) in [5, 5.41) is 22.0. The van der Waals surface area contributed by atoms with Crippen molar-refractivity contribution in [2.75, 3.05) is 19.9 Å². The maximum atomic E-state index is 13.6. The van der Waals surface area contributed by atoms with Crippen molar-refractivity contribution in [2.24, 2.45) is 5.92 Å². The van der Waals surface area contributed by atoms with Gasteiger partial charge >= 0.3 is 13.5 Å². The number of benzene rings is 1. The molecular formula is C18H28NO7P. The van der Waals surface area contributed by atoms with E-state index < -0.39 is 37.8 Å². The van der Waals surface area contributed by atoms with Gasteiger partial charge in [0.25, 0.3) is 0 Å². The van der Waals surface area contributed by atoms with Crippen LogP contribution in [-0.4, -0.2) is 60.4 Å². The number of carbonyl (C=O) groups excluding carboxylic acids is 1. The zero-order valence-corrected chi connectivity index (χ0v) is 16.7. The highest BCUT2D eigenvalue weighted by atomic mass is 31.2. The van der Waals surface area contributed by atoms with Crippen LogP contribution in [0.3, 0.4) is 0 Å². The first-order valence-corrected chi connectivity index (χ1v) is 10.7. The monoisotopic (exact) mass is 401 g/mol. The van der Waals surface area contributed by atoms with E-state index in [1.165, 1.54) is 7.11 Å². The number of esters is 1. The van der Waals surface area contributed by atoms with Crippen LogP contribution in [0.2, 0.25) is 0 Å². The van der Waals surface area contributed by atoms with E-state index >= 15 is 0 Å². The molecule has 0 aromatic heterocycles. The largest absolute Gasteiger partial charge is 0.468 e. The van der Waals surface area contributed by atoms with Crippen molar-refractivity contribution in [3.63, 3.8) is 0 Å². The van der Waals surface area contributed by atoms with Gasteiger partial charge in [-0.05, 0) is 18.1 Å². The summed E-state index contributed by atoms with van der Waals surface area (Å²) in [5.41, 5.74) is 0. The van der Waals surface area contributed by atoms with Gasteiger partial charge in [-0.25, -0.2) is 5.09 Å². The molecule has 8 nitrogen and oxygen atoms in total. The van der Waals surface area contributed by atoms with E-state index in [2.05, 4.69) is 5.09 Å². The van der Waals surface area contributed by atoms with Crippen molar-refractivity contribution >= 4 is 13.5 Å². The zero-order valence-electron chi connectivity index (χ0n) is 15.8. The second kappa shape index (κ2) is 9.66. The van der Waals surface area contributed by atoms with E-state index in [0.717, 1.165) is 0 Å². The fraction of sp³-hybridized carbons (Fsp3) is 0.611. The number of methoxy groups -OCH3 is 1. The molecule has 3 N–H and O–H groups in total. The molecule has 152 valence electrons. The molecule has 9 heteroatoms. The van der Waals surface area contributed by atoms with E-state index in [1.807, 2.05) is 0 Å². The molecule has 1 aliphatic rings. The van der Waals surface area contributed by atoms with Crippen molar-refractivity contribution in [3.05, 3.63) is 30.3 Å². The molecule has 0 aliphatic carbocycles. The van der Waals surface area contributed by atoms with Crippen LogP contribution in [0.1, 0.15) is 20.3 Å². The molecule has 0 amide bonds. The predicted octanol–water partition coefficient (Wildman–Crippen LogP) is 1.56. The molecule has 1 fully saturated rings. The van der Waals surface area contributed by atoms with Crippen molar-refractivity contribution in [1.29, 1.82) is 0 Å². The Kier molecular flexibility index (Phi) is 7.82. The lowest BCUT2D eigenvalue weighted by Gasteiger charge is -2.28. The first-order valence-electron chi connectivity index (χ1n) is 8.91. The molecule has 1 aromatic rings. The van der Waals surface area contributed by atoms with E-state index in [-0.39, 0.29) is 25.1 Å². The van der Waals surface area contributed by atoms with Gasteiger partial charge in [-0.1, -0.05) is 32.0 Å². The van der Waals surface area contributed by atoms with Crippen molar-refractivity contribution in [3.8, 4) is 5.75 Å². The summed E-state index contributed by atoms with van der Waals surface area (Å²) < 4.78 is 29.8. The van der Waals surface area contributed by atoms with Gasteiger partial charge in [-0.2, -0.15) is 0 Å². The minimum absolute atomic E-state index is 0.0599. The molecule has 1 aliphatic heterocycles. The lowest BCUT2D eigenvalue weighted by atomic mass is 10.1. The Hall–Kier alpha value is -1.44. The fourth-order valence-corrected chi connectivity index (χ4v) is 5.24. The molecule has 27 heavy (non-hydrogen) atoms. The SMILES string of the molecule is COC(=O)[C@@H](NP(=O)(CC1C[C@H](O)[C@@H](CO)O1)Oc1ccccc1)C(C)C. The maximum absolute atomic E-state index is 13.6. The minimum Gasteiger partial charge on any atom is -0.468 e. The number of aliphatic hydroxyl groups excluding tert-OH is 2. The summed E-state index contributed by atoms with van der Waals surface area (Å²) in [4.78, 5) is 12.1. The van der Waals surface area contributed by atoms with Gasteiger partial charge in [0.05, 0.1) is 32.1 Å². The highest BCUT2D eigenvalue weighted by Crippen LogP contribution is 2.46.